The molecule has 7 heteroatoms. The van der Waals surface area contributed by atoms with Crippen LogP contribution in [0.1, 0.15) is 25.5 Å². The first kappa shape index (κ1) is 18.4. The molecule has 0 fully saturated rings. The predicted octanol–water partition coefficient (Wildman–Crippen LogP) is 3.04. The highest BCUT2D eigenvalue weighted by Gasteiger charge is 2.11. The van der Waals surface area contributed by atoms with E-state index in [0.29, 0.717) is 23.8 Å². The van der Waals surface area contributed by atoms with Crippen molar-refractivity contribution in [2.75, 3.05) is 13.1 Å². The summed E-state index contributed by atoms with van der Waals surface area (Å²) in [5.41, 5.74) is 1.56. The zero-order valence-corrected chi connectivity index (χ0v) is 15.0. The van der Waals surface area contributed by atoms with Gasteiger partial charge in [-0.3, -0.25) is 9.59 Å². The Morgan fingerprint density at radius 3 is 2.67 bits per heavy atom. The van der Waals surface area contributed by atoms with Gasteiger partial charge in [-0.05, 0) is 12.5 Å². The minimum Gasteiger partial charge on any atom is -0.356 e. The topological polar surface area (TPSA) is 71.1 Å². The molecule has 0 saturated carbocycles. The van der Waals surface area contributed by atoms with Crippen molar-refractivity contribution in [3.8, 4) is 10.6 Å². The molecule has 0 bridgehead atoms. The van der Waals surface area contributed by atoms with Gasteiger partial charge in [0.2, 0.25) is 11.8 Å². The highest BCUT2D eigenvalue weighted by atomic mass is 35.5. The Morgan fingerprint density at radius 2 is 1.92 bits per heavy atom. The van der Waals surface area contributed by atoms with Gasteiger partial charge >= 0.3 is 0 Å². The molecule has 0 radical (unpaired) electrons. The van der Waals surface area contributed by atoms with Gasteiger partial charge in [0.05, 0.1) is 17.1 Å². The summed E-state index contributed by atoms with van der Waals surface area (Å²) in [5, 5.41) is 8.79. The molecule has 0 spiro atoms. The molecule has 0 unspecified atom stereocenters. The van der Waals surface area contributed by atoms with Crippen LogP contribution in [0.25, 0.3) is 10.6 Å². The molecule has 128 valence electrons. The van der Waals surface area contributed by atoms with E-state index in [1.165, 1.54) is 11.3 Å². The number of carbonyl (C=O) groups excluding carboxylic acids is 2. The standard InChI is InChI=1S/C17H20ClN3O2S/c1-2-8-19-15(22)7-9-20-16(23)10-12-11-24-17(21-12)13-5-3-4-6-14(13)18/h3-6,11H,2,7-10H2,1H3,(H,19,22)(H,20,23). The monoisotopic (exact) mass is 365 g/mol. The van der Waals surface area contributed by atoms with E-state index < -0.39 is 0 Å². The van der Waals surface area contributed by atoms with Crippen molar-refractivity contribution < 1.29 is 9.59 Å². The highest BCUT2D eigenvalue weighted by molar-refractivity contribution is 7.13. The maximum absolute atomic E-state index is 11.9. The maximum atomic E-state index is 11.9. The van der Waals surface area contributed by atoms with Gasteiger partial charge in [-0.1, -0.05) is 36.7 Å². The summed E-state index contributed by atoms with van der Waals surface area (Å²) < 4.78 is 0. The van der Waals surface area contributed by atoms with Crippen molar-refractivity contribution >= 4 is 34.8 Å². The van der Waals surface area contributed by atoms with E-state index in [1.807, 2.05) is 36.6 Å². The number of halogens is 1. The van der Waals surface area contributed by atoms with E-state index in [1.54, 1.807) is 0 Å². The van der Waals surface area contributed by atoms with Crippen molar-refractivity contribution in [2.45, 2.75) is 26.2 Å². The molecule has 2 aromatic rings. The second-order valence-corrected chi connectivity index (χ2v) is 6.52. The van der Waals surface area contributed by atoms with Crippen LogP contribution in [0.2, 0.25) is 5.02 Å². The van der Waals surface area contributed by atoms with Gasteiger partial charge < -0.3 is 10.6 Å². The summed E-state index contributed by atoms with van der Waals surface area (Å²) in [6.07, 6.45) is 1.38. The summed E-state index contributed by atoms with van der Waals surface area (Å²) in [7, 11) is 0. The van der Waals surface area contributed by atoms with E-state index in [0.717, 1.165) is 17.0 Å². The fraction of sp³-hybridized carbons (Fsp3) is 0.353. The molecule has 2 rings (SSSR count). The largest absolute Gasteiger partial charge is 0.356 e. The fourth-order valence-electron chi connectivity index (χ4n) is 2.04. The van der Waals surface area contributed by atoms with Crippen LogP contribution < -0.4 is 10.6 Å². The van der Waals surface area contributed by atoms with Crippen LogP contribution in [0.3, 0.4) is 0 Å². The number of hydrogen-bond donors (Lipinski definition) is 2. The van der Waals surface area contributed by atoms with Crippen LogP contribution >= 0.6 is 22.9 Å². The van der Waals surface area contributed by atoms with Gasteiger partial charge in [-0.2, -0.15) is 0 Å². The van der Waals surface area contributed by atoms with E-state index >= 15 is 0 Å². The lowest BCUT2D eigenvalue weighted by atomic mass is 10.2. The summed E-state index contributed by atoms with van der Waals surface area (Å²) >= 11 is 7.61. The van der Waals surface area contributed by atoms with Gasteiger partial charge in [0, 0.05) is 30.5 Å². The number of nitrogens with one attached hydrogen (secondary N) is 2. The van der Waals surface area contributed by atoms with Crippen LogP contribution in [0.4, 0.5) is 0 Å². The van der Waals surface area contributed by atoms with E-state index in [-0.39, 0.29) is 24.7 Å². The summed E-state index contributed by atoms with van der Waals surface area (Å²) in [6, 6.07) is 7.48. The second-order valence-electron chi connectivity index (χ2n) is 5.25. The molecule has 1 heterocycles. The SMILES string of the molecule is CCCNC(=O)CCNC(=O)Cc1csc(-c2ccccc2Cl)n1. The van der Waals surface area contributed by atoms with Crippen LogP contribution in [0.15, 0.2) is 29.6 Å². The summed E-state index contributed by atoms with van der Waals surface area (Å²) in [5.74, 6) is -0.193. The molecular formula is C17H20ClN3O2S. The molecule has 24 heavy (non-hydrogen) atoms. The number of rotatable bonds is 8. The summed E-state index contributed by atoms with van der Waals surface area (Å²) in [4.78, 5) is 27.8. The molecule has 0 atom stereocenters. The Bertz CT molecular complexity index is 703. The average Bonchev–Trinajstić information content (AvgIpc) is 3.01. The first-order valence-corrected chi connectivity index (χ1v) is 9.08. The van der Waals surface area contributed by atoms with Crippen LogP contribution in [-0.4, -0.2) is 29.9 Å². The lowest BCUT2D eigenvalue weighted by Gasteiger charge is -2.05. The van der Waals surface area contributed by atoms with Gasteiger partial charge in [0.1, 0.15) is 5.01 Å². The molecular weight excluding hydrogens is 346 g/mol. The Labute approximate surface area is 150 Å². The molecule has 0 saturated heterocycles. The third-order valence-electron chi connectivity index (χ3n) is 3.24. The molecule has 1 aromatic heterocycles. The van der Waals surface area contributed by atoms with Crippen molar-refractivity contribution in [2.24, 2.45) is 0 Å². The smallest absolute Gasteiger partial charge is 0.226 e. The van der Waals surface area contributed by atoms with E-state index in [2.05, 4.69) is 15.6 Å². The number of hydrogen-bond acceptors (Lipinski definition) is 4. The number of benzene rings is 1. The summed E-state index contributed by atoms with van der Waals surface area (Å²) in [6.45, 7) is 2.99. The first-order valence-electron chi connectivity index (χ1n) is 7.83. The molecule has 0 aliphatic carbocycles. The van der Waals surface area contributed by atoms with Crippen LogP contribution in [0.5, 0.6) is 0 Å². The van der Waals surface area contributed by atoms with Crippen molar-refractivity contribution in [1.82, 2.24) is 15.6 Å². The molecule has 0 aliphatic heterocycles. The van der Waals surface area contributed by atoms with E-state index in [9.17, 15) is 9.59 Å². The highest BCUT2D eigenvalue weighted by Crippen LogP contribution is 2.30. The van der Waals surface area contributed by atoms with Crippen LogP contribution in [0, 0.1) is 0 Å². The zero-order valence-electron chi connectivity index (χ0n) is 13.5. The Balaban J connectivity index is 1.81. The third-order valence-corrected chi connectivity index (χ3v) is 4.50. The zero-order chi connectivity index (χ0) is 17.4. The first-order chi connectivity index (χ1) is 11.6. The third kappa shape index (κ3) is 5.62. The van der Waals surface area contributed by atoms with E-state index in [4.69, 9.17) is 11.6 Å². The number of amides is 2. The fourth-order valence-corrected chi connectivity index (χ4v) is 3.18. The number of aromatic nitrogens is 1. The van der Waals surface area contributed by atoms with Crippen LogP contribution in [-0.2, 0) is 16.0 Å². The lowest BCUT2D eigenvalue weighted by molar-refractivity contribution is -0.122. The van der Waals surface area contributed by atoms with Crippen molar-refractivity contribution in [3.63, 3.8) is 0 Å². The van der Waals surface area contributed by atoms with Gasteiger partial charge in [0.15, 0.2) is 0 Å². The van der Waals surface area contributed by atoms with Crippen molar-refractivity contribution in [1.29, 1.82) is 0 Å². The van der Waals surface area contributed by atoms with Crippen molar-refractivity contribution in [3.05, 3.63) is 40.4 Å². The number of thiazole rings is 1. The molecule has 1 aromatic carbocycles. The molecule has 5 nitrogen and oxygen atoms in total. The van der Waals surface area contributed by atoms with Gasteiger partial charge in [-0.15, -0.1) is 11.3 Å². The second kappa shape index (κ2) is 9.39. The van der Waals surface area contributed by atoms with Gasteiger partial charge in [-0.25, -0.2) is 4.98 Å². The normalized spacial score (nSPS) is 10.4. The van der Waals surface area contributed by atoms with Gasteiger partial charge in [0.25, 0.3) is 0 Å². The molecule has 2 amide bonds. The number of nitrogens with zero attached hydrogens (tertiary/aromatic N) is 1. The minimum absolute atomic E-state index is 0.0492. The molecule has 0 aliphatic rings. The predicted molar refractivity (Wildman–Crippen MR) is 97.2 cm³/mol. The Kier molecular flexibility index (Phi) is 7.21. The number of carbonyl (C=O) groups is 2. The Morgan fingerprint density at radius 1 is 1.17 bits per heavy atom. The molecule has 2 N–H and O–H groups in total. The minimum atomic E-state index is -0.144. The quantitative estimate of drug-likeness (QED) is 0.755. The Hall–Kier alpha value is -1.92. The lowest BCUT2D eigenvalue weighted by Crippen LogP contribution is -2.31. The maximum Gasteiger partial charge on any atom is 0.226 e. The average molecular weight is 366 g/mol.